The Morgan fingerprint density at radius 2 is 1.63 bits per heavy atom. The van der Waals surface area contributed by atoms with Gasteiger partial charge in [0.25, 0.3) is 5.91 Å². The Morgan fingerprint density at radius 3 is 2.39 bits per heavy atom. The van der Waals surface area contributed by atoms with Crippen molar-refractivity contribution in [3.05, 3.63) is 103 Å². The first-order chi connectivity index (χ1) is 20.2. The lowest BCUT2D eigenvalue weighted by Gasteiger charge is -2.37. The second kappa shape index (κ2) is 12.1. The van der Waals surface area contributed by atoms with Gasteiger partial charge in [-0.25, -0.2) is 14.6 Å². The van der Waals surface area contributed by atoms with Crippen molar-refractivity contribution in [2.45, 2.75) is 12.8 Å². The molecule has 9 heteroatoms. The molecule has 0 aliphatic carbocycles. The number of carbonyl (C=O) groups is 1. The molecule has 5 aromatic rings. The van der Waals surface area contributed by atoms with Crippen LogP contribution in [0.3, 0.4) is 0 Å². The molecule has 2 aromatic heterocycles. The lowest BCUT2D eigenvalue weighted by atomic mass is 10.1. The summed E-state index contributed by atoms with van der Waals surface area (Å²) < 4.78 is 7.52. The fourth-order valence-electron chi connectivity index (χ4n) is 5.32. The van der Waals surface area contributed by atoms with Crippen LogP contribution in [-0.4, -0.2) is 65.5 Å². The SMILES string of the molecule is COc1ccc(C(=O)NCCCc2ccccc2)cc1N1CCN(c2ncnc3c2cnn3-c2ccccc2)CC1. The van der Waals surface area contributed by atoms with Crippen LogP contribution in [0.25, 0.3) is 16.7 Å². The van der Waals surface area contributed by atoms with Crippen molar-refractivity contribution in [2.75, 3.05) is 49.6 Å². The highest BCUT2D eigenvalue weighted by molar-refractivity contribution is 5.95. The number of nitrogens with zero attached hydrogens (tertiary/aromatic N) is 6. The first-order valence-corrected chi connectivity index (χ1v) is 14.0. The maximum absolute atomic E-state index is 13.0. The maximum Gasteiger partial charge on any atom is 0.251 e. The van der Waals surface area contributed by atoms with Crippen LogP contribution < -0.4 is 19.9 Å². The number of amides is 1. The number of aryl methyl sites for hydroxylation is 1. The average molecular weight is 548 g/mol. The van der Waals surface area contributed by atoms with E-state index in [-0.39, 0.29) is 5.91 Å². The smallest absolute Gasteiger partial charge is 0.251 e. The monoisotopic (exact) mass is 547 g/mol. The van der Waals surface area contributed by atoms with Crippen molar-refractivity contribution in [3.8, 4) is 11.4 Å². The van der Waals surface area contributed by atoms with E-state index in [4.69, 9.17) is 4.74 Å². The fourth-order valence-corrected chi connectivity index (χ4v) is 5.32. The summed E-state index contributed by atoms with van der Waals surface area (Å²) in [5.41, 5.74) is 4.58. The molecule has 0 atom stereocenters. The number of hydrogen-bond acceptors (Lipinski definition) is 7. The first kappa shape index (κ1) is 26.3. The van der Waals surface area contributed by atoms with Crippen molar-refractivity contribution in [3.63, 3.8) is 0 Å². The number of para-hydroxylation sites is 1. The van der Waals surface area contributed by atoms with Gasteiger partial charge in [-0.1, -0.05) is 48.5 Å². The second-order valence-electron chi connectivity index (χ2n) is 10.0. The molecule has 208 valence electrons. The predicted octanol–water partition coefficient (Wildman–Crippen LogP) is 4.51. The molecule has 1 aliphatic heterocycles. The van der Waals surface area contributed by atoms with E-state index in [1.165, 1.54) is 5.56 Å². The van der Waals surface area contributed by atoms with Crippen molar-refractivity contribution in [1.29, 1.82) is 0 Å². The standard InChI is InChI=1S/C32H33N7O2/c1-41-29-15-14-25(32(40)33-16-8-11-24-9-4-2-5-10-24)21-28(29)37-17-19-38(20-18-37)30-27-22-36-39(31(27)35-23-34-30)26-12-6-3-7-13-26/h2-7,9-10,12-15,21-23H,8,11,16-20H2,1H3,(H,33,40). The summed E-state index contributed by atoms with van der Waals surface area (Å²) in [4.78, 5) is 26.6. The van der Waals surface area contributed by atoms with Gasteiger partial charge in [0.05, 0.1) is 30.1 Å². The molecule has 0 unspecified atom stereocenters. The summed E-state index contributed by atoms with van der Waals surface area (Å²) in [7, 11) is 1.67. The van der Waals surface area contributed by atoms with Gasteiger partial charge < -0.3 is 19.9 Å². The summed E-state index contributed by atoms with van der Waals surface area (Å²) in [6.07, 6.45) is 5.28. The minimum absolute atomic E-state index is 0.0700. The molecular formula is C32H33N7O2. The molecule has 0 saturated carbocycles. The van der Waals surface area contributed by atoms with Crippen LogP contribution in [-0.2, 0) is 6.42 Å². The summed E-state index contributed by atoms with van der Waals surface area (Å²) in [6.45, 7) is 3.68. The number of hydrogen-bond donors (Lipinski definition) is 1. The van der Waals surface area contributed by atoms with Crippen molar-refractivity contribution in [2.24, 2.45) is 0 Å². The molecule has 0 radical (unpaired) electrons. The van der Waals surface area contributed by atoms with Gasteiger partial charge in [-0.2, -0.15) is 5.10 Å². The molecule has 1 amide bonds. The van der Waals surface area contributed by atoms with Crippen molar-refractivity contribution in [1.82, 2.24) is 25.1 Å². The number of aromatic nitrogens is 4. The van der Waals surface area contributed by atoms with Gasteiger partial charge in [-0.15, -0.1) is 0 Å². The first-order valence-electron chi connectivity index (χ1n) is 14.0. The highest BCUT2D eigenvalue weighted by atomic mass is 16.5. The van der Waals surface area contributed by atoms with Crippen LogP contribution in [0, 0.1) is 0 Å². The molecule has 0 bridgehead atoms. The van der Waals surface area contributed by atoms with Crippen LogP contribution in [0.4, 0.5) is 11.5 Å². The highest BCUT2D eigenvalue weighted by Gasteiger charge is 2.24. The Labute approximate surface area is 239 Å². The van der Waals surface area contributed by atoms with Crippen LogP contribution in [0.15, 0.2) is 91.4 Å². The Balaban J connectivity index is 1.12. The number of carbonyl (C=O) groups excluding carboxylic acids is 1. The highest BCUT2D eigenvalue weighted by Crippen LogP contribution is 2.32. The average Bonchev–Trinajstić information content (AvgIpc) is 3.48. The number of fused-ring (bicyclic) bond motifs is 1. The molecular weight excluding hydrogens is 514 g/mol. The number of piperazine rings is 1. The molecule has 1 fully saturated rings. The Bertz CT molecular complexity index is 1610. The quantitative estimate of drug-likeness (QED) is 0.272. The van der Waals surface area contributed by atoms with Crippen molar-refractivity contribution < 1.29 is 9.53 Å². The summed E-state index contributed by atoms with van der Waals surface area (Å²) >= 11 is 0. The van der Waals surface area contributed by atoms with E-state index in [9.17, 15) is 4.79 Å². The van der Waals surface area contributed by atoms with Crippen LogP contribution in [0.2, 0.25) is 0 Å². The van der Waals surface area contributed by atoms with E-state index in [1.54, 1.807) is 13.4 Å². The molecule has 1 aliphatic rings. The molecule has 0 spiro atoms. The largest absolute Gasteiger partial charge is 0.495 e. The van der Waals surface area contributed by atoms with E-state index in [2.05, 4.69) is 42.3 Å². The van der Waals surface area contributed by atoms with Gasteiger partial charge in [-0.05, 0) is 48.7 Å². The van der Waals surface area contributed by atoms with Gasteiger partial charge in [0.1, 0.15) is 17.9 Å². The maximum atomic E-state index is 13.0. The van der Waals surface area contributed by atoms with E-state index in [1.807, 2.05) is 77.6 Å². The van der Waals surface area contributed by atoms with Gasteiger partial charge >= 0.3 is 0 Å². The zero-order valence-electron chi connectivity index (χ0n) is 23.1. The topological polar surface area (TPSA) is 88.4 Å². The molecule has 3 aromatic carbocycles. The third kappa shape index (κ3) is 5.70. The Morgan fingerprint density at radius 1 is 0.902 bits per heavy atom. The van der Waals surface area contributed by atoms with E-state index < -0.39 is 0 Å². The minimum atomic E-state index is -0.0700. The Hall–Kier alpha value is -4.92. The van der Waals surface area contributed by atoms with Crippen LogP contribution in [0.5, 0.6) is 5.75 Å². The number of benzene rings is 3. The molecule has 41 heavy (non-hydrogen) atoms. The third-order valence-corrected chi connectivity index (χ3v) is 7.48. The number of nitrogens with one attached hydrogen (secondary N) is 1. The number of methoxy groups -OCH3 is 1. The summed E-state index contributed by atoms with van der Waals surface area (Å²) in [5.74, 6) is 1.57. The zero-order valence-corrected chi connectivity index (χ0v) is 23.1. The Kier molecular flexibility index (Phi) is 7.75. The van der Waals surface area contributed by atoms with Gasteiger partial charge in [0.2, 0.25) is 0 Å². The van der Waals surface area contributed by atoms with Gasteiger partial charge in [0, 0.05) is 38.3 Å². The number of ether oxygens (including phenoxy) is 1. The summed E-state index contributed by atoms with van der Waals surface area (Å²) in [6, 6.07) is 26.0. The predicted molar refractivity (Wildman–Crippen MR) is 161 cm³/mol. The number of anilines is 2. The minimum Gasteiger partial charge on any atom is -0.495 e. The van der Waals surface area contributed by atoms with Crippen molar-refractivity contribution >= 4 is 28.4 Å². The lowest BCUT2D eigenvalue weighted by molar-refractivity contribution is 0.0953. The van der Waals surface area contributed by atoms with E-state index >= 15 is 0 Å². The van der Waals surface area contributed by atoms with Gasteiger partial charge in [-0.3, -0.25) is 4.79 Å². The molecule has 6 rings (SSSR count). The second-order valence-corrected chi connectivity index (χ2v) is 10.0. The normalized spacial score (nSPS) is 13.4. The van der Waals surface area contributed by atoms with Crippen LogP contribution >= 0.6 is 0 Å². The molecule has 1 saturated heterocycles. The summed E-state index contributed by atoms with van der Waals surface area (Å²) in [5, 5.41) is 8.59. The van der Waals surface area contributed by atoms with Gasteiger partial charge in [0.15, 0.2) is 5.65 Å². The fraction of sp³-hybridized carbons (Fsp3) is 0.250. The number of rotatable bonds is 9. The molecule has 3 heterocycles. The third-order valence-electron chi connectivity index (χ3n) is 7.48. The van der Waals surface area contributed by atoms with Crippen LogP contribution in [0.1, 0.15) is 22.3 Å². The molecule has 1 N–H and O–H groups in total. The molecule has 9 nitrogen and oxygen atoms in total. The van der Waals surface area contributed by atoms with E-state index in [0.29, 0.717) is 12.1 Å². The van der Waals surface area contributed by atoms with E-state index in [0.717, 1.165) is 73.0 Å². The lowest BCUT2D eigenvalue weighted by Crippen LogP contribution is -2.47. The zero-order chi connectivity index (χ0) is 28.0.